The maximum atomic E-state index is 12.8. The van der Waals surface area contributed by atoms with Gasteiger partial charge in [0.05, 0.1) is 13.2 Å². The zero-order chi connectivity index (χ0) is 21.3. The molecule has 6 nitrogen and oxygen atoms in total. The average molecular weight is 440 g/mol. The first kappa shape index (κ1) is 23.8. The fraction of sp³-hybridized carbons (Fsp3) is 0.429. The summed E-state index contributed by atoms with van der Waals surface area (Å²) < 4.78 is 56.3. The Hall–Kier alpha value is -1.50. The van der Waals surface area contributed by atoms with Crippen LogP contribution in [0.15, 0.2) is 54.6 Å². The quantitative estimate of drug-likeness (QED) is 0.366. The van der Waals surface area contributed by atoms with Gasteiger partial charge in [-0.05, 0) is 56.2 Å². The molecule has 2 aromatic rings. The molecule has 0 heterocycles. The Balaban J connectivity index is 1.99. The highest BCUT2D eigenvalue weighted by Gasteiger charge is 2.43. The lowest BCUT2D eigenvalue weighted by Crippen LogP contribution is -2.23. The first-order valence-electron chi connectivity index (χ1n) is 9.75. The van der Waals surface area contributed by atoms with E-state index in [-0.39, 0.29) is 19.6 Å². The summed E-state index contributed by atoms with van der Waals surface area (Å²) in [5.41, 5.74) is 3.46. The molecule has 1 atom stereocenters. The third-order valence-electron chi connectivity index (χ3n) is 4.51. The molecular formula is C21H29O6PS. The molecule has 1 N–H and O–H groups in total. The third-order valence-corrected chi connectivity index (χ3v) is 9.20. The molecule has 0 aliphatic heterocycles. The molecule has 0 saturated carbocycles. The van der Waals surface area contributed by atoms with E-state index in [0.717, 1.165) is 12.0 Å². The molecule has 2 rings (SSSR count). The lowest BCUT2D eigenvalue weighted by atomic mass is 10.0. The Morgan fingerprint density at radius 3 is 1.93 bits per heavy atom. The van der Waals surface area contributed by atoms with Gasteiger partial charge in [-0.25, -0.2) is 0 Å². The Labute approximate surface area is 173 Å². The molecule has 0 radical (unpaired) electrons. The van der Waals surface area contributed by atoms with Crippen molar-refractivity contribution in [1.29, 1.82) is 0 Å². The zero-order valence-electron chi connectivity index (χ0n) is 16.9. The van der Waals surface area contributed by atoms with E-state index in [1.807, 2.05) is 42.5 Å². The SMILES string of the molecule is CCOP(=O)(OCC)C(CCCc1ccc(Cc2ccccc2)cc1)S(=O)(=O)O. The molecule has 0 spiro atoms. The van der Waals surface area contributed by atoms with Crippen molar-refractivity contribution < 1.29 is 26.6 Å². The van der Waals surface area contributed by atoms with E-state index >= 15 is 0 Å². The van der Waals surface area contributed by atoms with Crippen LogP contribution in [0, 0.1) is 0 Å². The zero-order valence-corrected chi connectivity index (χ0v) is 18.6. The molecule has 0 aliphatic carbocycles. The molecule has 1 unspecified atom stereocenters. The summed E-state index contributed by atoms with van der Waals surface area (Å²) in [5, 5.41) is 0. The van der Waals surface area contributed by atoms with Gasteiger partial charge in [-0.1, -0.05) is 54.6 Å². The summed E-state index contributed by atoms with van der Waals surface area (Å²) >= 11 is 0. The third kappa shape index (κ3) is 7.36. The van der Waals surface area contributed by atoms with Gasteiger partial charge in [-0.15, -0.1) is 0 Å². The van der Waals surface area contributed by atoms with Crippen LogP contribution in [0.3, 0.4) is 0 Å². The normalized spacial score (nSPS) is 13.3. The van der Waals surface area contributed by atoms with Gasteiger partial charge in [0.25, 0.3) is 10.1 Å². The molecule has 2 aromatic carbocycles. The van der Waals surface area contributed by atoms with E-state index in [1.165, 1.54) is 11.1 Å². The first-order chi connectivity index (χ1) is 13.8. The molecule has 0 amide bonds. The maximum Gasteiger partial charge on any atom is 0.351 e. The molecule has 0 aromatic heterocycles. The van der Waals surface area contributed by atoms with Gasteiger partial charge in [0.2, 0.25) is 0 Å². The molecule has 0 fully saturated rings. The van der Waals surface area contributed by atoms with Crippen molar-refractivity contribution >= 4 is 17.7 Å². The summed E-state index contributed by atoms with van der Waals surface area (Å²) in [6.45, 7) is 3.27. The van der Waals surface area contributed by atoms with Gasteiger partial charge in [0.1, 0.15) is 0 Å². The van der Waals surface area contributed by atoms with Crippen molar-refractivity contribution in [2.24, 2.45) is 0 Å². The van der Waals surface area contributed by atoms with E-state index < -0.39 is 22.7 Å². The Morgan fingerprint density at radius 1 is 0.897 bits per heavy atom. The van der Waals surface area contributed by atoms with Crippen LogP contribution >= 0.6 is 7.60 Å². The second-order valence-corrected chi connectivity index (χ2v) is 10.9. The van der Waals surface area contributed by atoms with Crippen LogP contribution in [-0.2, 0) is 36.6 Å². The standard InChI is InChI=1S/C21H29O6PS/c1-3-26-28(22,27-4-2)21(29(23,24)25)12-8-11-18-13-15-20(16-14-18)17-19-9-6-5-7-10-19/h5-7,9-10,13-16,21H,3-4,8,11-12,17H2,1-2H3,(H,23,24,25). The van der Waals surface area contributed by atoms with Crippen molar-refractivity contribution in [1.82, 2.24) is 0 Å². The van der Waals surface area contributed by atoms with Gasteiger partial charge >= 0.3 is 7.60 Å². The monoisotopic (exact) mass is 440 g/mol. The minimum atomic E-state index is -4.58. The van der Waals surface area contributed by atoms with Crippen LogP contribution in [0.1, 0.15) is 43.4 Å². The Morgan fingerprint density at radius 2 is 1.41 bits per heavy atom. The summed E-state index contributed by atoms with van der Waals surface area (Å²) in [4.78, 5) is -1.58. The summed E-state index contributed by atoms with van der Waals surface area (Å²) in [5.74, 6) is 0. The Bertz CT molecular complexity index is 887. The molecule has 0 aliphatic rings. The second-order valence-electron chi connectivity index (χ2n) is 6.72. The molecule has 0 bridgehead atoms. The van der Waals surface area contributed by atoms with E-state index in [9.17, 15) is 17.5 Å². The topological polar surface area (TPSA) is 89.9 Å². The van der Waals surface area contributed by atoms with Gasteiger partial charge in [0.15, 0.2) is 4.99 Å². The maximum absolute atomic E-state index is 12.8. The van der Waals surface area contributed by atoms with Crippen molar-refractivity contribution in [2.75, 3.05) is 13.2 Å². The first-order valence-corrected chi connectivity index (χ1v) is 12.9. The smallest absolute Gasteiger partial charge is 0.308 e. The van der Waals surface area contributed by atoms with Gasteiger partial charge in [0, 0.05) is 0 Å². The van der Waals surface area contributed by atoms with Crippen molar-refractivity contribution in [2.45, 2.75) is 44.5 Å². The minimum absolute atomic E-state index is 0.0120. The molecule has 8 heteroatoms. The highest BCUT2D eigenvalue weighted by molar-refractivity contribution is 7.94. The second kappa shape index (κ2) is 11.0. The van der Waals surface area contributed by atoms with Crippen molar-refractivity contribution in [3.05, 3.63) is 71.3 Å². The van der Waals surface area contributed by atoms with Crippen LogP contribution < -0.4 is 0 Å². The van der Waals surface area contributed by atoms with Crippen LogP contribution in [0.4, 0.5) is 0 Å². The fourth-order valence-corrected chi connectivity index (χ4v) is 6.93. The largest absolute Gasteiger partial charge is 0.351 e. The number of benzene rings is 2. The molecule has 0 saturated heterocycles. The number of aryl methyl sites for hydroxylation is 1. The fourth-order valence-electron chi connectivity index (χ4n) is 3.17. The van der Waals surface area contributed by atoms with Crippen LogP contribution in [0.25, 0.3) is 0 Å². The average Bonchev–Trinajstić information content (AvgIpc) is 2.66. The van der Waals surface area contributed by atoms with Crippen LogP contribution in [0.2, 0.25) is 0 Å². The van der Waals surface area contributed by atoms with Gasteiger partial charge < -0.3 is 9.05 Å². The van der Waals surface area contributed by atoms with Crippen LogP contribution in [0.5, 0.6) is 0 Å². The predicted molar refractivity (Wildman–Crippen MR) is 115 cm³/mol. The summed E-state index contributed by atoms with van der Waals surface area (Å²) in [7, 11) is -8.53. The minimum Gasteiger partial charge on any atom is -0.308 e. The molecular weight excluding hydrogens is 411 g/mol. The number of rotatable bonds is 12. The van der Waals surface area contributed by atoms with Gasteiger partial charge in [-0.3, -0.25) is 9.12 Å². The summed E-state index contributed by atoms with van der Waals surface area (Å²) in [6.07, 6.45) is 1.85. The summed E-state index contributed by atoms with van der Waals surface area (Å²) in [6, 6.07) is 18.3. The van der Waals surface area contributed by atoms with Crippen molar-refractivity contribution in [3.8, 4) is 0 Å². The lowest BCUT2D eigenvalue weighted by molar-refractivity contribution is 0.215. The highest BCUT2D eigenvalue weighted by atomic mass is 32.2. The van der Waals surface area contributed by atoms with E-state index in [4.69, 9.17) is 9.05 Å². The lowest BCUT2D eigenvalue weighted by Gasteiger charge is -2.24. The predicted octanol–water partition coefficient (Wildman–Crippen LogP) is 5.08. The van der Waals surface area contributed by atoms with Crippen molar-refractivity contribution in [3.63, 3.8) is 0 Å². The number of hydrogen-bond donors (Lipinski definition) is 1. The van der Waals surface area contributed by atoms with Crippen LogP contribution in [-0.4, -0.2) is 31.2 Å². The number of hydrogen-bond acceptors (Lipinski definition) is 5. The molecule has 160 valence electrons. The van der Waals surface area contributed by atoms with Gasteiger partial charge in [-0.2, -0.15) is 8.42 Å². The van der Waals surface area contributed by atoms with E-state index in [2.05, 4.69) is 12.1 Å². The highest BCUT2D eigenvalue weighted by Crippen LogP contribution is 2.56. The molecule has 29 heavy (non-hydrogen) atoms. The van der Waals surface area contributed by atoms with E-state index in [0.29, 0.717) is 12.8 Å². The Kier molecular flexibility index (Phi) is 9.05. The van der Waals surface area contributed by atoms with E-state index in [1.54, 1.807) is 13.8 Å².